The van der Waals surface area contributed by atoms with Gasteiger partial charge in [-0.25, -0.2) is 9.37 Å². The molecule has 2 aromatic carbocycles. The van der Waals surface area contributed by atoms with Crippen LogP contribution in [0, 0.1) is 5.82 Å². The Morgan fingerprint density at radius 2 is 1.90 bits per heavy atom. The van der Waals surface area contributed by atoms with E-state index < -0.39 is 0 Å². The number of aryl methyl sites for hydroxylation is 1. The molecule has 2 amide bonds. The highest BCUT2D eigenvalue weighted by molar-refractivity contribution is 7.16. The minimum absolute atomic E-state index is 0.114. The molecule has 0 bridgehead atoms. The predicted octanol–water partition coefficient (Wildman–Crippen LogP) is 3.89. The van der Waals surface area contributed by atoms with Gasteiger partial charge in [0.15, 0.2) is 5.13 Å². The molecule has 1 aliphatic carbocycles. The van der Waals surface area contributed by atoms with Crippen LogP contribution in [0.15, 0.2) is 48.5 Å². The van der Waals surface area contributed by atoms with Crippen molar-refractivity contribution in [3.63, 3.8) is 0 Å². The second-order valence-electron chi connectivity index (χ2n) is 6.95. The number of methoxy groups -OCH3 is 1. The van der Waals surface area contributed by atoms with E-state index in [2.05, 4.69) is 15.6 Å². The molecule has 8 heteroatoms. The van der Waals surface area contributed by atoms with Crippen LogP contribution in [0.1, 0.15) is 38.8 Å². The molecule has 1 atom stereocenters. The Labute approximate surface area is 177 Å². The average Bonchev–Trinajstić information content (AvgIpc) is 3.33. The zero-order valence-corrected chi connectivity index (χ0v) is 17.1. The van der Waals surface area contributed by atoms with Crippen molar-refractivity contribution >= 4 is 28.3 Å². The molecule has 2 N–H and O–H groups in total. The van der Waals surface area contributed by atoms with E-state index in [1.54, 1.807) is 43.5 Å². The summed E-state index contributed by atoms with van der Waals surface area (Å²) in [4.78, 5) is 30.6. The summed E-state index contributed by atoms with van der Waals surface area (Å²) in [5, 5.41) is 6.18. The van der Waals surface area contributed by atoms with Gasteiger partial charge in [-0.15, -0.1) is 11.3 Å². The number of benzene rings is 2. The van der Waals surface area contributed by atoms with Crippen LogP contribution in [0.3, 0.4) is 0 Å². The van der Waals surface area contributed by atoms with Gasteiger partial charge in [-0.2, -0.15) is 0 Å². The summed E-state index contributed by atoms with van der Waals surface area (Å²) < 4.78 is 18.1. The second-order valence-corrected chi connectivity index (χ2v) is 8.03. The third-order valence-electron chi connectivity index (χ3n) is 4.99. The first-order valence-corrected chi connectivity index (χ1v) is 10.3. The summed E-state index contributed by atoms with van der Waals surface area (Å²) in [5.74, 6) is -0.353. The van der Waals surface area contributed by atoms with E-state index in [4.69, 9.17) is 4.74 Å². The molecule has 6 nitrogen and oxygen atoms in total. The van der Waals surface area contributed by atoms with E-state index in [1.165, 1.54) is 23.5 Å². The van der Waals surface area contributed by atoms with Crippen LogP contribution in [0.25, 0.3) is 0 Å². The number of hydrogen-bond donors (Lipinski definition) is 2. The van der Waals surface area contributed by atoms with Crippen molar-refractivity contribution in [2.24, 2.45) is 0 Å². The molecule has 154 valence electrons. The number of carbonyl (C=O) groups is 2. The van der Waals surface area contributed by atoms with E-state index >= 15 is 0 Å². The fourth-order valence-corrected chi connectivity index (χ4v) is 4.40. The summed E-state index contributed by atoms with van der Waals surface area (Å²) in [6.07, 6.45) is 1.44. The Kier molecular flexibility index (Phi) is 5.76. The Bertz CT molecular complexity index is 1060. The highest BCUT2D eigenvalue weighted by Crippen LogP contribution is 2.38. The smallest absolute Gasteiger partial charge is 0.257 e. The first kappa shape index (κ1) is 20.0. The largest absolute Gasteiger partial charge is 0.497 e. The minimum Gasteiger partial charge on any atom is -0.497 e. The number of carbonyl (C=O) groups excluding carboxylic acids is 2. The summed E-state index contributed by atoms with van der Waals surface area (Å²) in [6, 6.07) is 12.8. The maximum atomic E-state index is 13.0. The van der Waals surface area contributed by atoms with Crippen molar-refractivity contribution in [3.8, 4) is 5.75 Å². The molecule has 0 saturated heterocycles. The lowest BCUT2D eigenvalue weighted by Gasteiger charge is -2.11. The van der Waals surface area contributed by atoms with Crippen LogP contribution in [-0.4, -0.2) is 23.9 Å². The molecule has 0 spiro atoms. The summed E-state index contributed by atoms with van der Waals surface area (Å²) >= 11 is 1.40. The average molecular weight is 425 g/mol. The lowest BCUT2D eigenvalue weighted by Crippen LogP contribution is -2.28. The van der Waals surface area contributed by atoms with Gasteiger partial charge < -0.3 is 10.1 Å². The monoisotopic (exact) mass is 425 g/mol. The topological polar surface area (TPSA) is 80.3 Å². The van der Waals surface area contributed by atoms with Crippen molar-refractivity contribution in [3.05, 3.63) is 76.0 Å². The molecule has 0 saturated carbocycles. The SMILES string of the molecule is COc1ccc(C(=O)Nc2nc3c(s2)CC[C@H]3C(=O)NCc2ccc(F)cc2)cc1. The Hall–Kier alpha value is -3.26. The lowest BCUT2D eigenvalue weighted by molar-refractivity contribution is -0.122. The van der Waals surface area contributed by atoms with Crippen molar-refractivity contribution in [1.82, 2.24) is 10.3 Å². The van der Waals surface area contributed by atoms with Gasteiger partial charge in [-0.1, -0.05) is 12.1 Å². The fraction of sp³-hybridized carbons (Fsp3) is 0.227. The fourth-order valence-electron chi connectivity index (χ4n) is 3.36. The first-order valence-electron chi connectivity index (χ1n) is 9.50. The van der Waals surface area contributed by atoms with Gasteiger partial charge in [0.25, 0.3) is 5.91 Å². The number of aromatic nitrogens is 1. The van der Waals surface area contributed by atoms with Gasteiger partial charge >= 0.3 is 0 Å². The number of amides is 2. The van der Waals surface area contributed by atoms with Crippen LogP contribution in [-0.2, 0) is 17.8 Å². The number of fused-ring (bicyclic) bond motifs is 1. The predicted molar refractivity (Wildman–Crippen MR) is 112 cm³/mol. The standard InChI is InChI=1S/C22H20FN3O3S/c1-29-16-8-4-14(5-9-16)20(27)26-22-25-19-17(10-11-18(19)30-22)21(28)24-12-13-2-6-15(23)7-3-13/h2-9,17H,10-12H2,1H3,(H,24,28)(H,25,26,27)/t17-/m1/s1. The third kappa shape index (κ3) is 4.33. The van der Waals surface area contributed by atoms with Crippen LogP contribution < -0.4 is 15.4 Å². The number of halogens is 1. The summed E-state index contributed by atoms with van der Waals surface area (Å²) in [5.41, 5.74) is 2.05. The third-order valence-corrected chi connectivity index (χ3v) is 6.03. The van der Waals surface area contributed by atoms with Gasteiger partial charge in [0.1, 0.15) is 11.6 Å². The van der Waals surface area contributed by atoms with E-state index in [0.29, 0.717) is 29.4 Å². The molecule has 0 fully saturated rings. The number of nitrogens with zero attached hydrogens (tertiary/aromatic N) is 1. The normalized spacial score (nSPS) is 14.8. The van der Waals surface area contributed by atoms with Gasteiger partial charge in [0.05, 0.1) is 18.7 Å². The maximum absolute atomic E-state index is 13.0. The Morgan fingerprint density at radius 3 is 2.60 bits per heavy atom. The quantitative estimate of drug-likeness (QED) is 0.628. The molecule has 0 unspecified atom stereocenters. The molecule has 1 aromatic heterocycles. The van der Waals surface area contributed by atoms with Crippen LogP contribution >= 0.6 is 11.3 Å². The van der Waals surface area contributed by atoms with Crippen LogP contribution in [0.2, 0.25) is 0 Å². The molecule has 1 heterocycles. The highest BCUT2D eigenvalue weighted by Gasteiger charge is 2.32. The summed E-state index contributed by atoms with van der Waals surface area (Å²) in [6.45, 7) is 0.330. The number of hydrogen-bond acceptors (Lipinski definition) is 5. The van der Waals surface area contributed by atoms with Crippen molar-refractivity contribution in [2.45, 2.75) is 25.3 Å². The first-order chi connectivity index (χ1) is 14.5. The number of thiazole rings is 1. The summed E-state index contributed by atoms with van der Waals surface area (Å²) in [7, 11) is 1.57. The van der Waals surface area contributed by atoms with E-state index in [-0.39, 0.29) is 23.5 Å². The number of rotatable bonds is 6. The van der Waals surface area contributed by atoms with Gasteiger partial charge in [0.2, 0.25) is 5.91 Å². The number of ether oxygens (including phenoxy) is 1. The zero-order chi connectivity index (χ0) is 21.1. The second kappa shape index (κ2) is 8.62. The molecular weight excluding hydrogens is 405 g/mol. The number of nitrogens with one attached hydrogen (secondary N) is 2. The minimum atomic E-state index is -0.344. The van der Waals surface area contributed by atoms with Gasteiger partial charge in [0, 0.05) is 17.0 Å². The molecule has 0 radical (unpaired) electrons. The molecule has 3 aromatic rings. The zero-order valence-electron chi connectivity index (χ0n) is 16.3. The van der Waals surface area contributed by atoms with Crippen molar-refractivity contribution < 1.29 is 18.7 Å². The van der Waals surface area contributed by atoms with Crippen molar-refractivity contribution in [1.29, 1.82) is 0 Å². The van der Waals surface area contributed by atoms with Crippen molar-refractivity contribution in [2.75, 3.05) is 12.4 Å². The van der Waals surface area contributed by atoms with E-state index in [1.807, 2.05) is 0 Å². The highest BCUT2D eigenvalue weighted by atomic mass is 32.1. The molecular formula is C22H20FN3O3S. The van der Waals surface area contributed by atoms with Crippen LogP contribution in [0.4, 0.5) is 9.52 Å². The van der Waals surface area contributed by atoms with Gasteiger partial charge in [-0.05, 0) is 54.8 Å². The molecule has 30 heavy (non-hydrogen) atoms. The Balaban J connectivity index is 1.39. The van der Waals surface area contributed by atoms with E-state index in [9.17, 15) is 14.0 Å². The lowest BCUT2D eigenvalue weighted by atomic mass is 10.1. The molecule has 4 rings (SSSR count). The van der Waals surface area contributed by atoms with Crippen LogP contribution in [0.5, 0.6) is 5.75 Å². The Morgan fingerprint density at radius 1 is 1.17 bits per heavy atom. The van der Waals surface area contributed by atoms with E-state index in [0.717, 1.165) is 22.6 Å². The number of anilines is 1. The molecule has 0 aliphatic heterocycles. The van der Waals surface area contributed by atoms with Gasteiger partial charge in [-0.3, -0.25) is 14.9 Å². The molecule has 1 aliphatic rings. The maximum Gasteiger partial charge on any atom is 0.257 e.